The highest BCUT2D eigenvalue weighted by atomic mass is 15.1. The van der Waals surface area contributed by atoms with Crippen molar-refractivity contribution in [3.05, 3.63) is 312 Å². The third-order valence-corrected chi connectivity index (χ3v) is 16.9. The van der Waals surface area contributed by atoms with E-state index in [0.29, 0.717) is 0 Å². The minimum Gasteiger partial charge on any atom is -0.310 e. The van der Waals surface area contributed by atoms with Gasteiger partial charge in [0.25, 0.3) is 0 Å². The van der Waals surface area contributed by atoms with Gasteiger partial charge in [-0.1, -0.05) is 226 Å². The van der Waals surface area contributed by atoms with Gasteiger partial charge in [-0.05, 0) is 150 Å². The molecule has 2 nitrogen and oxygen atoms in total. The Balaban J connectivity index is 0.902. The molecule has 0 spiro atoms. The Bertz CT molecular complexity index is 4360. The third-order valence-electron chi connectivity index (χ3n) is 16.9. The fourth-order valence-electron chi connectivity index (χ4n) is 13.3. The summed E-state index contributed by atoms with van der Waals surface area (Å²) in [5.41, 5.74) is 24.1. The third kappa shape index (κ3) is 6.53. The van der Waals surface area contributed by atoms with Crippen molar-refractivity contribution in [3.8, 4) is 50.2 Å². The standard InChI is InChI=1S/C74H52N2/c1-73(2)66-28-14-11-25-60(66)63-43-42-58(48-69(63)73)75(56-38-32-50(33-39-56)49-18-5-3-6-19-49)57-40-34-51(35-41-57)53-36-44-71-64(46-53)65-47-55(37-45-72(65)76(71)70-31-17-21-52-20-9-10-24-59(52)70)74(54-22-7-4-8-23-54)67-29-15-12-26-61(67)62-27-13-16-30-68(62)74/h3-48H,1-2H3. The average Bonchev–Trinajstić information content (AvgIpc) is 4.26. The minimum absolute atomic E-state index is 0.126. The van der Waals surface area contributed by atoms with E-state index in [4.69, 9.17) is 0 Å². The largest absolute Gasteiger partial charge is 0.310 e. The SMILES string of the molecule is CC1(C)c2ccccc2-c2ccc(N(c3ccc(-c4ccccc4)cc3)c3ccc(-c4ccc5c(c4)c4cc(C6(c7ccccc7)c7ccccc7-c7ccccc76)ccc4n5-c4cccc5ccccc45)cc3)cc21. The number of anilines is 3. The number of rotatable bonds is 8. The fraction of sp³-hybridized carbons (Fsp3) is 0.0541. The molecule has 1 aromatic heterocycles. The first-order chi connectivity index (χ1) is 37.4. The first-order valence-electron chi connectivity index (χ1n) is 26.6. The van der Waals surface area contributed by atoms with Crippen LogP contribution in [0.25, 0.3) is 82.8 Å². The molecule has 0 amide bonds. The van der Waals surface area contributed by atoms with E-state index in [9.17, 15) is 0 Å². The molecule has 0 saturated heterocycles. The first-order valence-corrected chi connectivity index (χ1v) is 26.6. The number of hydrogen-bond donors (Lipinski definition) is 0. The second kappa shape index (κ2) is 17.0. The molecule has 76 heavy (non-hydrogen) atoms. The van der Waals surface area contributed by atoms with Gasteiger partial charge in [-0.25, -0.2) is 0 Å². The van der Waals surface area contributed by atoms with Gasteiger partial charge in [0, 0.05) is 38.6 Å². The molecule has 12 aromatic carbocycles. The number of hydrogen-bond acceptors (Lipinski definition) is 1. The van der Waals surface area contributed by atoms with Crippen LogP contribution in [0.1, 0.15) is 47.2 Å². The summed E-state index contributed by atoms with van der Waals surface area (Å²) in [6, 6.07) is 104. The Morgan fingerprint density at radius 1 is 0.303 bits per heavy atom. The Morgan fingerprint density at radius 3 is 1.47 bits per heavy atom. The maximum atomic E-state index is 2.51. The van der Waals surface area contributed by atoms with E-state index in [1.807, 2.05) is 0 Å². The predicted octanol–water partition coefficient (Wildman–Crippen LogP) is 19.4. The highest BCUT2D eigenvalue weighted by molar-refractivity contribution is 6.12. The number of aromatic nitrogens is 1. The van der Waals surface area contributed by atoms with Crippen molar-refractivity contribution in [1.82, 2.24) is 4.57 Å². The summed E-state index contributed by atoms with van der Waals surface area (Å²) in [6.07, 6.45) is 0. The van der Waals surface area contributed by atoms with Gasteiger partial charge in [0.05, 0.1) is 22.1 Å². The van der Waals surface area contributed by atoms with Crippen molar-refractivity contribution in [3.63, 3.8) is 0 Å². The Hall–Kier alpha value is -9.50. The first kappa shape index (κ1) is 44.0. The molecule has 0 atom stereocenters. The zero-order chi connectivity index (χ0) is 50.5. The van der Waals surface area contributed by atoms with Gasteiger partial charge >= 0.3 is 0 Å². The van der Waals surface area contributed by atoms with E-state index in [1.54, 1.807) is 0 Å². The van der Waals surface area contributed by atoms with Crippen molar-refractivity contribution < 1.29 is 0 Å². The zero-order valence-electron chi connectivity index (χ0n) is 42.5. The molecule has 2 aliphatic rings. The Labute approximate surface area is 444 Å². The van der Waals surface area contributed by atoms with Crippen LogP contribution in [-0.4, -0.2) is 4.57 Å². The molecular formula is C74H52N2. The van der Waals surface area contributed by atoms with Crippen LogP contribution in [0.5, 0.6) is 0 Å². The van der Waals surface area contributed by atoms with Gasteiger partial charge in [0.1, 0.15) is 0 Å². The average molecular weight is 969 g/mol. The monoisotopic (exact) mass is 968 g/mol. The Kier molecular flexibility index (Phi) is 9.86. The summed E-state index contributed by atoms with van der Waals surface area (Å²) in [5, 5.41) is 4.89. The molecule has 0 radical (unpaired) electrons. The van der Waals surface area contributed by atoms with E-state index in [2.05, 4.69) is 302 Å². The molecule has 0 fully saturated rings. The highest BCUT2D eigenvalue weighted by Gasteiger charge is 2.46. The Morgan fingerprint density at radius 2 is 0.789 bits per heavy atom. The van der Waals surface area contributed by atoms with E-state index in [1.165, 1.54) is 111 Å². The van der Waals surface area contributed by atoms with Gasteiger partial charge in [-0.3, -0.25) is 0 Å². The van der Waals surface area contributed by atoms with Crippen LogP contribution in [0.2, 0.25) is 0 Å². The lowest BCUT2D eigenvalue weighted by Crippen LogP contribution is -2.28. The van der Waals surface area contributed by atoms with Crippen molar-refractivity contribution in [2.45, 2.75) is 24.7 Å². The van der Waals surface area contributed by atoms with Gasteiger partial charge in [-0.2, -0.15) is 0 Å². The minimum atomic E-state index is -0.518. The van der Waals surface area contributed by atoms with E-state index >= 15 is 0 Å². The second-order valence-corrected chi connectivity index (χ2v) is 21.2. The summed E-state index contributed by atoms with van der Waals surface area (Å²) in [6.45, 7) is 4.72. The van der Waals surface area contributed by atoms with Crippen LogP contribution >= 0.6 is 0 Å². The maximum absolute atomic E-state index is 2.51. The van der Waals surface area contributed by atoms with Gasteiger partial charge in [0.15, 0.2) is 0 Å². The van der Waals surface area contributed by atoms with Crippen LogP contribution in [0, 0.1) is 0 Å². The molecule has 0 N–H and O–H groups in total. The smallest absolute Gasteiger partial charge is 0.0713 e. The summed E-state index contributed by atoms with van der Waals surface area (Å²) in [7, 11) is 0. The summed E-state index contributed by atoms with van der Waals surface area (Å²) in [5.74, 6) is 0. The fourth-order valence-corrected chi connectivity index (χ4v) is 13.3. The second-order valence-electron chi connectivity index (χ2n) is 21.2. The van der Waals surface area contributed by atoms with Crippen LogP contribution < -0.4 is 4.90 Å². The molecule has 15 rings (SSSR count). The van der Waals surface area contributed by atoms with Crippen molar-refractivity contribution in [1.29, 1.82) is 0 Å². The predicted molar refractivity (Wildman–Crippen MR) is 319 cm³/mol. The van der Waals surface area contributed by atoms with E-state index < -0.39 is 5.41 Å². The van der Waals surface area contributed by atoms with Crippen molar-refractivity contribution in [2.24, 2.45) is 0 Å². The van der Waals surface area contributed by atoms with Crippen LogP contribution in [0.3, 0.4) is 0 Å². The topological polar surface area (TPSA) is 8.17 Å². The number of benzene rings is 12. The lowest BCUT2D eigenvalue weighted by molar-refractivity contribution is 0.660. The van der Waals surface area contributed by atoms with Gasteiger partial charge in [0.2, 0.25) is 0 Å². The molecule has 2 aliphatic carbocycles. The number of nitrogens with zero attached hydrogens (tertiary/aromatic N) is 2. The highest BCUT2D eigenvalue weighted by Crippen LogP contribution is 2.57. The van der Waals surface area contributed by atoms with Crippen LogP contribution in [-0.2, 0) is 10.8 Å². The van der Waals surface area contributed by atoms with Crippen LogP contribution in [0.15, 0.2) is 279 Å². The van der Waals surface area contributed by atoms with Crippen molar-refractivity contribution in [2.75, 3.05) is 4.90 Å². The maximum Gasteiger partial charge on any atom is 0.0713 e. The van der Waals surface area contributed by atoms with Gasteiger partial charge < -0.3 is 9.47 Å². The molecule has 1 heterocycles. The molecule has 0 saturated carbocycles. The van der Waals surface area contributed by atoms with Crippen molar-refractivity contribution >= 4 is 49.6 Å². The molecule has 2 heteroatoms. The normalized spacial score (nSPS) is 13.6. The molecular weight excluding hydrogens is 917 g/mol. The summed E-state index contributed by atoms with van der Waals surface area (Å²) >= 11 is 0. The summed E-state index contributed by atoms with van der Waals surface area (Å²) in [4.78, 5) is 2.42. The quantitative estimate of drug-likeness (QED) is 0.147. The van der Waals surface area contributed by atoms with Gasteiger partial charge in [-0.15, -0.1) is 0 Å². The molecule has 13 aromatic rings. The van der Waals surface area contributed by atoms with E-state index in [0.717, 1.165) is 22.6 Å². The molecule has 0 aliphatic heterocycles. The molecule has 0 bridgehead atoms. The zero-order valence-corrected chi connectivity index (χ0v) is 42.5. The molecule has 358 valence electrons. The lowest BCUT2D eigenvalue weighted by Gasteiger charge is -2.34. The molecule has 0 unspecified atom stereocenters. The summed E-state index contributed by atoms with van der Waals surface area (Å²) < 4.78 is 2.49. The van der Waals surface area contributed by atoms with Crippen LogP contribution in [0.4, 0.5) is 17.1 Å². The lowest BCUT2D eigenvalue weighted by atomic mass is 9.67. The number of fused-ring (bicyclic) bond motifs is 10. The van der Waals surface area contributed by atoms with E-state index in [-0.39, 0.29) is 5.41 Å².